The van der Waals surface area contributed by atoms with Crippen LogP contribution in [0.4, 0.5) is 0 Å². The maximum atomic E-state index is 5.98. The third-order valence-electron chi connectivity index (χ3n) is 3.05. The Bertz CT molecular complexity index is 654. The Morgan fingerprint density at radius 3 is 2.19 bits per heavy atom. The maximum absolute atomic E-state index is 5.98. The van der Waals surface area contributed by atoms with Crippen molar-refractivity contribution in [3.05, 3.63) is 49.3 Å². The summed E-state index contributed by atoms with van der Waals surface area (Å²) in [6.45, 7) is 4.27. The number of benzene rings is 2. The van der Waals surface area contributed by atoms with Crippen LogP contribution in [0.3, 0.4) is 0 Å². The monoisotopic (exact) mass is 476 g/mol. The normalized spacial score (nSPS) is 10.8. The fraction of sp³-hybridized carbons (Fsp3) is 0.250. The van der Waals surface area contributed by atoms with E-state index in [1.165, 1.54) is 0 Å². The molecule has 5 heteroatoms. The van der Waals surface area contributed by atoms with Crippen LogP contribution in [0, 0.1) is 0 Å². The molecule has 0 heterocycles. The Kier molecular flexibility index (Phi) is 5.74. The molecule has 2 nitrogen and oxygen atoms in total. The first-order chi connectivity index (χ1) is 9.93. The molecule has 0 atom stereocenters. The zero-order valence-corrected chi connectivity index (χ0v) is 16.7. The standard InChI is InChI=1S/C16H15Br3O2/c1-9(2)11-8-10(4-6-13(11)20-3)21-14-7-5-12(17)15(18)16(14)19/h4-9H,1-3H3. The zero-order chi connectivity index (χ0) is 15.6. The predicted molar refractivity (Wildman–Crippen MR) is 96.7 cm³/mol. The van der Waals surface area contributed by atoms with Gasteiger partial charge < -0.3 is 9.47 Å². The van der Waals surface area contributed by atoms with Gasteiger partial charge in [-0.25, -0.2) is 0 Å². The van der Waals surface area contributed by atoms with Gasteiger partial charge in [-0.1, -0.05) is 13.8 Å². The van der Waals surface area contributed by atoms with Crippen LogP contribution in [-0.4, -0.2) is 7.11 Å². The molecule has 0 aliphatic heterocycles. The highest BCUT2D eigenvalue weighted by molar-refractivity contribution is 9.14. The Hall–Kier alpha value is -0.520. The number of halogens is 3. The van der Waals surface area contributed by atoms with Gasteiger partial charge in [0.15, 0.2) is 0 Å². The van der Waals surface area contributed by atoms with Crippen molar-refractivity contribution < 1.29 is 9.47 Å². The van der Waals surface area contributed by atoms with Gasteiger partial charge in [0.1, 0.15) is 17.2 Å². The van der Waals surface area contributed by atoms with Gasteiger partial charge in [-0.2, -0.15) is 0 Å². The van der Waals surface area contributed by atoms with Crippen molar-refractivity contribution >= 4 is 47.8 Å². The van der Waals surface area contributed by atoms with E-state index >= 15 is 0 Å². The lowest BCUT2D eigenvalue weighted by Crippen LogP contribution is -1.95. The summed E-state index contributed by atoms with van der Waals surface area (Å²) in [5.74, 6) is 2.79. The number of hydrogen-bond acceptors (Lipinski definition) is 2. The van der Waals surface area contributed by atoms with Gasteiger partial charge in [0.25, 0.3) is 0 Å². The molecule has 112 valence electrons. The van der Waals surface area contributed by atoms with Crippen LogP contribution in [0.2, 0.25) is 0 Å². The van der Waals surface area contributed by atoms with Crippen LogP contribution >= 0.6 is 47.8 Å². The first-order valence-corrected chi connectivity index (χ1v) is 8.81. The molecule has 2 aromatic rings. The van der Waals surface area contributed by atoms with E-state index in [4.69, 9.17) is 9.47 Å². The van der Waals surface area contributed by atoms with Crippen molar-refractivity contribution in [3.8, 4) is 17.2 Å². The second-order valence-corrected chi connectivity index (χ2v) is 7.27. The molecule has 0 spiro atoms. The van der Waals surface area contributed by atoms with E-state index in [2.05, 4.69) is 61.6 Å². The molecular formula is C16H15Br3O2. The van der Waals surface area contributed by atoms with Crippen LogP contribution in [0.25, 0.3) is 0 Å². The predicted octanol–water partition coefficient (Wildman–Crippen LogP) is 6.90. The first kappa shape index (κ1) is 16.8. The average Bonchev–Trinajstić information content (AvgIpc) is 2.47. The lowest BCUT2D eigenvalue weighted by Gasteiger charge is -2.15. The summed E-state index contributed by atoms with van der Waals surface area (Å²) in [6, 6.07) is 9.72. The summed E-state index contributed by atoms with van der Waals surface area (Å²) in [5, 5.41) is 0. The Labute approximate surface area is 150 Å². The van der Waals surface area contributed by atoms with Crippen LogP contribution in [0.15, 0.2) is 43.7 Å². The van der Waals surface area contributed by atoms with E-state index in [0.717, 1.165) is 36.2 Å². The molecule has 2 rings (SSSR count). The molecule has 0 aliphatic rings. The minimum absolute atomic E-state index is 0.364. The maximum Gasteiger partial charge on any atom is 0.142 e. The molecule has 2 aromatic carbocycles. The van der Waals surface area contributed by atoms with Crippen LogP contribution in [0.5, 0.6) is 17.2 Å². The van der Waals surface area contributed by atoms with Crippen LogP contribution in [0.1, 0.15) is 25.3 Å². The van der Waals surface area contributed by atoms with E-state index in [1.54, 1.807) is 7.11 Å². The van der Waals surface area contributed by atoms with Crippen LogP contribution in [-0.2, 0) is 0 Å². The highest BCUT2D eigenvalue weighted by atomic mass is 79.9. The quantitative estimate of drug-likeness (QED) is 0.445. The highest BCUT2D eigenvalue weighted by Crippen LogP contribution is 2.40. The van der Waals surface area contributed by atoms with Gasteiger partial charge in [-0.15, -0.1) is 0 Å². The summed E-state index contributed by atoms with van der Waals surface area (Å²) in [5.41, 5.74) is 1.13. The SMILES string of the molecule is COc1ccc(Oc2ccc(Br)c(Br)c2Br)cc1C(C)C. The molecule has 0 unspecified atom stereocenters. The van der Waals surface area contributed by atoms with Gasteiger partial charge in [-0.3, -0.25) is 0 Å². The van der Waals surface area contributed by atoms with Gasteiger partial charge in [-0.05, 0) is 84.0 Å². The molecular weight excluding hydrogens is 464 g/mol. The molecule has 0 saturated heterocycles. The van der Waals surface area contributed by atoms with Crippen molar-refractivity contribution in [2.75, 3.05) is 7.11 Å². The third kappa shape index (κ3) is 3.82. The highest BCUT2D eigenvalue weighted by Gasteiger charge is 2.12. The van der Waals surface area contributed by atoms with Gasteiger partial charge >= 0.3 is 0 Å². The average molecular weight is 479 g/mol. The molecule has 0 N–H and O–H groups in total. The van der Waals surface area contributed by atoms with E-state index in [-0.39, 0.29) is 0 Å². The minimum atomic E-state index is 0.364. The molecule has 0 bridgehead atoms. The summed E-state index contributed by atoms with van der Waals surface area (Å²) in [7, 11) is 1.68. The molecule has 0 fully saturated rings. The van der Waals surface area contributed by atoms with Crippen molar-refractivity contribution in [1.82, 2.24) is 0 Å². The third-order valence-corrected chi connectivity index (χ3v) is 6.39. The molecule has 21 heavy (non-hydrogen) atoms. The number of hydrogen-bond donors (Lipinski definition) is 0. The van der Waals surface area contributed by atoms with Crippen molar-refractivity contribution in [1.29, 1.82) is 0 Å². The fourth-order valence-corrected chi connectivity index (χ4v) is 3.29. The van der Waals surface area contributed by atoms with E-state index in [0.29, 0.717) is 5.92 Å². The fourth-order valence-electron chi connectivity index (χ4n) is 1.94. The summed E-state index contributed by atoms with van der Waals surface area (Å²) >= 11 is 10.5. The van der Waals surface area contributed by atoms with E-state index in [9.17, 15) is 0 Å². The summed E-state index contributed by atoms with van der Waals surface area (Å²) in [4.78, 5) is 0. The smallest absolute Gasteiger partial charge is 0.142 e. The molecule has 0 radical (unpaired) electrons. The van der Waals surface area contributed by atoms with Crippen molar-refractivity contribution in [2.24, 2.45) is 0 Å². The molecule has 0 aromatic heterocycles. The van der Waals surface area contributed by atoms with Crippen LogP contribution < -0.4 is 9.47 Å². The lowest BCUT2D eigenvalue weighted by atomic mass is 10.0. The van der Waals surface area contributed by atoms with Gasteiger partial charge in [0.2, 0.25) is 0 Å². The van der Waals surface area contributed by atoms with E-state index in [1.807, 2.05) is 30.3 Å². The number of methoxy groups -OCH3 is 1. The van der Waals surface area contributed by atoms with Gasteiger partial charge in [0, 0.05) is 14.5 Å². The van der Waals surface area contributed by atoms with Gasteiger partial charge in [0.05, 0.1) is 11.6 Å². The Balaban J connectivity index is 2.36. The van der Waals surface area contributed by atoms with Crippen molar-refractivity contribution in [2.45, 2.75) is 19.8 Å². The van der Waals surface area contributed by atoms with E-state index < -0.39 is 0 Å². The first-order valence-electron chi connectivity index (χ1n) is 6.43. The summed E-state index contributed by atoms with van der Waals surface area (Å²) in [6.07, 6.45) is 0. The minimum Gasteiger partial charge on any atom is -0.496 e. The topological polar surface area (TPSA) is 18.5 Å². The summed E-state index contributed by atoms with van der Waals surface area (Å²) < 4.78 is 14.1. The second kappa shape index (κ2) is 7.16. The number of rotatable bonds is 4. The number of ether oxygens (including phenoxy) is 2. The molecule has 0 saturated carbocycles. The van der Waals surface area contributed by atoms with Crippen molar-refractivity contribution in [3.63, 3.8) is 0 Å². The zero-order valence-electron chi connectivity index (χ0n) is 11.9. The Morgan fingerprint density at radius 1 is 0.905 bits per heavy atom. The largest absolute Gasteiger partial charge is 0.496 e. The Morgan fingerprint density at radius 2 is 1.57 bits per heavy atom. The second-order valence-electron chi connectivity index (χ2n) is 4.83. The molecule has 0 amide bonds. The lowest BCUT2D eigenvalue weighted by molar-refractivity contribution is 0.405. The molecule has 0 aliphatic carbocycles.